The summed E-state index contributed by atoms with van der Waals surface area (Å²) in [4.78, 5) is 28.1. The predicted octanol–water partition coefficient (Wildman–Crippen LogP) is 5.14. The molecule has 0 radical (unpaired) electrons. The summed E-state index contributed by atoms with van der Waals surface area (Å²) in [6, 6.07) is 17.9. The van der Waals surface area contributed by atoms with Gasteiger partial charge in [-0.15, -0.1) is 0 Å². The van der Waals surface area contributed by atoms with Crippen LogP contribution in [0, 0.1) is 0 Å². The number of nitrogens with zero attached hydrogens (tertiary/aromatic N) is 2. The fraction of sp³-hybridized carbons (Fsp3) is 0.286. The lowest BCUT2D eigenvalue weighted by atomic mass is 10.1. The maximum atomic E-state index is 13.9. The minimum Gasteiger partial charge on any atom is -0.497 e. The van der Waals surface area contributed by atoms with Gasteiger partial charge in [0.05, 0.1) is 17.7 Å². The Kier molecular flexibility index (Phi) is 10.2. The second kappa shape index (κ2) is 13.2. The molecule has 0 aliphatic carbocycles. The normalized spacial score (nSPS) is 12.1. The quantitative estimate of drug-likeness (QED) is 0.333. The van der Waals surface area contributed by atoms with Crippen molar-refractivity contribution in [1.29, 1.82) is 0 Å². The van der Waals surface area contributed by atoms with Crippen LogP contribution in [0.5, 0.6) is 5.75 Å². The Hall–Kier alpha value is -3.27. The molecule has 0 unspecified atom stereocenters. The van der Waals surface area contributed by atoms with Gasteiger partial charge in [0.2, 0.25) is 11.8 Å². The minimum absolute atomic E-state index is 0.0388. The highest BCUT2D eigenvalue weighted by molar-refractivity contribution is 7.92. The number of amides is 2. The molecule has 0 bridgehead atoms. The highest BCUT2D eigenvalue weighted by atomic mass is 35.5. The molecule has 11 heteroatoms. The van der Waals surface area contributed by atoms with Gasteiger partial charge in [-0.3, -0.25) is 13.9 Å². The minimum atomic E-state index is -4.22. The smallest absolute Gasteiger partial charge is 0.264 e. The SMILES string of the molecule is COc1ccc(S(=O)(=O)N(CC(=O)N(Cc2cccc(Cl)c2)[C@@H](C)C(=O)NC(C)C)c2cccc(Cl)c2)cc1. The average molecular weight is 593 g/mol. The number of benzene rings is 3. The molecule has 0 heterocycles. The Morgan fingerprint density at radius 1 is 0.923 bits per heavy atom. The van der Waals surface area contributed by atoms with Gasteiger partial charge in [-0.25, -0.2) is 8.42 Å². The maximum absolute atomic E-state index is 13.9. The molecule has 3 rings (SSSR count). The van der Waals surface area contributed by atoms with Gasteiger partial charge < -0.3 is 15.0 Å². The number of hydrogen-bond acceptors (Lipinski definition) is 5. The first-order valence-corrected chi connectivity index (χ1v) is 14.4. The first-order valence-electron chi connectivity index (χ1n) is 12.2. The van der Waals surface area contributed by atoms with Crippen molar-refractivity contribution in [2.45, 2.75) is 44.3 Å². The Balaban J connectivity index is 2.04. The number of hydrogen-bond donors (Lipinski definition) is 1. The summed E-state index contributed by atoms with van der Waals surface area (Å²) in [6.07, 6.45) is 0. The molecule has 3 aromatic rings. The van der Waals surface area contributed by atoms with Crippen molar-refractivity contribution in [3.05, 3.63) is 88.4 Å². The summed E-state index contributed by atoms with van der Waals surface area (Å²) in [6.45, 7) is 4.70. The van der Waals surface area contributed by atoms with Crippen molar-refractivity contribution in [2.75, 3.05) is 18.0 Å². The zero-order chi connectivity index (χ0) is 28.7. The fourth-order valence-electron chi connectivity index (χ4n) is 3.85. The molecule has 0 spiro atoms. The number of carbonyl (C=O) groups excluding carboxylic acids is 2. The highest BCUT2D eigenvalue weighted by Crippen LogP contribution is 2.28. The number of rotatable bonds is 11. The molecular weight excluding hydrogens is 561 g/mol. The van der Waals surface area contributed by atoms with E-state index in [1.165, 1.54) is 42.3 Å². The lowest BCUT2D eigenvalue weighted by Crippen LogP contribution is -2.52. The summed E-state index contributed by atoms with van der Waals surface area (Å²) in [5.41, 5.74) is 0.890. The third-order valence-corrected chi connectivity index (χ3v) is 8.12. The van der Waals surface area contributed by atoms with Crippen LogP contribution in [0.15, 0.2) is 77.7 Å². The molecule has 0 fully saturated rings. The monoisotopic (exact) mass is 591 g/mol. The third kappa shape index (κ3) is 7.88. The van der Waals surface area contributed by atoms with Crippen LogP contribution >= 0.6 is 23.2 Å². The Morgan fingerprint density at radius 2 is 1.54 bits per heavy atom. The predicted molar refractivity (Wildman–Crippen MR) is 154 cm³/mol. The van der Waals surface area contributed by atoms with Gasteiger partial charge in [0.15, 0.2) is 0 Å². The van der Waals surface area contributed by atoms with Crippen LogP contribution in [0.4, 0.5) is 5.69 Å². The number of nitrogens with one attached hydrogen (secondary N) is 1. The van der Waals surface area contributed by atoms with E-state index in [1.807, 2.05) is 13.8 Å². The number of anilines is 1. The first-order chi connectivity index (χ1) is 18.4. The van der Waals surface area contributed by atoms with Crippen LogP contribution in [0.25, 0.3) is 0 Å². The zero-order valence-corrected chi connectivity index (χ0v) is 24.4. The Labute approximate surface area is 239 Å². The lowest BCUT2D eigenvalue weighted by molar-refractivity contribution is -0.139. The molecule has 0 aromatic heterocycles. The zero-order valence-electron chi connectivity index (χ0n) is 22.1. The largest absolute Gasteiger partial charge is 0.497 e. The van der Waals surface area contributed by atoms with Gasteiger partial charge in [-0.1, -0.05) is 41.4 Å². The van der Waals surface area contributed by atoms with E-state index >= 15 is 0 Å². The number of methoxy groups -OCH3 is 1. The van der Waals surface area contributed by atoms with E-state index in [4.69, 9.17) is 27.9 Å². The molecule has 0 saturated carbocycles. The standard InChI is InChI=1S/C28H31Cl2N3O5S/c1-19(2)31-28(35)20(3)32(17-21-7-5-8-22(29)15-21)27(34)18-33(24-10-6-9-23(30)16-24)39(36,37)26-13-11-25(38-4)12-14-26/h5-16,19-20H,17-18H2,1-4H3,(H,31,35)/t20-/m0/s1. The molecule has 1 N–H and O–H groups in total. The summed E-state index contributed by atoms with van der Waals surface area (Å²) < 4.78 is 33.8. The first kappa shape index (κ1) is 30.3. The van der Waals surface area contributed by atoms with E-state index in [1.54, 1.807) is 49.4 Å². The number of halogens is 2. The van der Waals surface area contributed by atoms with E-state index in [9.17, 15) is 18.0 Å². The van der Waals surface area contributed by atoms with Crippen LogP contribution in [0.2, 0.25) is 10.0 Å². The molecule has 0 aliphatic heterocycles. The van der Waals surface area contributed by atoms with Gasteiger partial charge in [0, 0.05) is 22.6 Å². The summed E-state index contributed by atoms with van der Waals surface area (Å²) >= 11 is 12.3. The maximum Gasteiger partial charge on any atom is 0.264 e. The van der Waals surface area contributed by atoms with Crippen molar-refractivity contribution < 1.29 is 22.7 Å². The van der Waals surface area contributed by atoms with Crippen LogP contribution < -0.4 is 14.4 Å². The van der Waals surface area contributed by atoms with Gasteiger partial charge in [0.25, 0.3) is 10.0 Å². The van der Waals surface area contributed by atoms with Gasteiger partial charge in [-0.05, 0) is 80.9 Å². The van der Waals surface area contributed by atoms with Crippen LogP contribution in [0.1, 0.15) is 26.3 Å². The van der Waals surface area contributed by atoms with Gasteiger partial charge >= 0.3 is 0 Å². The fourth-order valence-corrected chi connectivity index (χ4v) is 5.66. The molecule has 0 aliphatic rings. The lowest BCUT2D eigenvalue weighted by Gasteiger charge is -2.32. The molecule has 208 valence electrons. The summed E-state index contributed by atoms with van der Waals surface area (Å²) in [7, 11) is -2.74. The number of ether oxygens (including phenoxy) is 1. The molecule has 39 heavy (non-hydrogen) atoms. The molecule has 1 atom stereocenters. The van der Waals surface area contributed by atoms with E-state index < -0.39 is 28.5 Å². The number of carbonyl (C=O) groups is 2. The molecule has 2 amide bonds. The second-order valence-electron chi connectivity index (χ2n) is 9.16. The topological polar surface area (TPSA) is 96.0 Å². The Morgan fingerprint density at radius 3 is 2.10 bits per heavy atom. The van der Waals surface area contributed by atoms with Crippen molar-refractivity contribution >= 4 is 50.7 Å². The molecule has 0 saturated heterocycles. The van der Waals surface area contributed by atoms with Gasteiger partial charge in [0.1, 0.15) is 18.3 Å². The van der Waals surface area contributed by atoms with Crippen LogP contribution in [-0.2, 0) is 26.2 Å². The van der Waals surface area contributed by atoms with E-state index in [0.29, 0.717) is 21.4 Å². The third-order valence-electron chi connectivity index (χ3n) is 5.86. The van der Waals surface area contributed by atoms with Crippen molar-refractivity contribution in [3.8, 4) is 5.75 Å². The average Bonchev–Trinajstić information content (AvgIpc) is 2.89. The molecular formula is C28H31Cl2N3O5S. The molecule has 3 aromatic carbocycles. The second-order valence-corrected chi connectivity index (χ2v) is 11.9. The van der Waals surface area contributed by atoms with Crippen LogP contribution in [-0.4, -0.2) is 50.9 Å². The van der Waals surface area contributed by atoms with E-state index in [0.717, 1.165) is 4.31 Å². The van der Waals surface area contributed by atoms with Crippen molar-refractivity contribution in [1.82, 2.24) is 10.2 Å². The Bertz CT molecular complexity index is 1410. The number of sulfonamides is 1. The van der Waals surface area contributed by atoms with E-state index in [2.05, 4.69) is 5.32 Å². The molecule has 8 nitrogen and oxygen atoms in total. The highest BCUT2D eigenvalue weighted by Gasteiger charge is 2.32. The van der Waals surface area contributed by atoms with Crippen molar-refractivity contribution in [2.24, 2.45) is 0 Å². The van der Waals surface area contributed by atoms with Crippen LogP contribution in [0.3, 0.4) is 0 Å². The summed E-state index contributed by atoms with van der Waals surface area (Å²) in [5, 5.41) is 3.59. The van der Waals surface area contributed by atoms with Gasteiger partial charge in [-0.2, -0.15) is 0 Å². The summed E-state index contributed by atoms with van der Waals surface area (Å²) in [5.74, 6) is -0.469. The van der Waals surface area contributed by atoms with Crippen molar-refractivity contribution in [3.63, 3.8) is 0 Å². The van der Waals surface area contributed by atoms with E-state index in [-0.39, 0.29) is 29.1 Å².